The molecule has 2 N–H and O–H groups in total. The van der Waals surface area contributed by atoms with E-state index < -0.39 is 26.7 Å². The topological polar surface area (TPSA) is 63.4 Å². The van der Waals surface area contributed by atoms with Gasteiger partial charge < -0.3 is 5.73 Å². The number of hydrogen-bond donors (Lipinski definition) is 1. The van der Waals surface area contributed by atoms with Gasteiger partial charge in [-0.15, -0.1) is 0 Å². The molecular formula is C16H16ClF3N2O2S. The molecular weight excluding hydrogens is 377 g/mol. The molecule has 0 radical (unpaired) electrons. The van der Waals surface area contributed by atoms with Crippen LogP contribution in [0.15, 0.2) is 53.4 Å². The summed E-state index contributed by atoms with van der Waals surface area (Å²) >= 11 is 5.62. The van der Waals surface area contributed by atoms with E-state index in [1.807, 2.05) is 0 Å². The molecule has 0 unspecified atom stereocenters. The van der Waals surface area contributed by atoms with E-state index in [1.165, 1.54) is 0 Å². The van der Waals surface area contributed by atoms with E-state index in [4.69, 9.17) is 17.3 Å². The van der Waals surface area contributed by atoms with Crippen LogP contribution in [0.2, 0.25) is 5.02 Å². The maximum Gasteiger partial charge on any atom is 0.417 e. The Kier molecular flexibility index (Phi) is 6.10. The number of benzene rings is 2. The third-order valence-electron chi connectivity index (χ3n) is 3.45. The number of sulfonamides is 1. The van der Waals surface area contributed by atoms with Crippen molar-refractivity contribution in [2.45, 2.75) is 17.6 Å². The fourth-order valence-electron chi connectivity index (χ4n) is 2.30. The zero-order valence-electron chi connectivity index (χ0n) is 13.0. The predicted molar refractivity (Wildman–Crippen MR) is 89.5 cm³/mol. The fourth-order valence-corrected chi connectivity index (χ4v) is 4.11. The molecule has 0 aromatic heterocycles. The lowest BCUT2D eigenvalue weighted by Gasteiger charge is -2.24. The zero-order valence-corrected chi connectivity index (χ0v) is 14.6. The van der Waals surface area contributed by atoms with E-state index >= 15 is 0 Å². The van der Waals surface area contributed by atoms with Crippen LogP contribution >= 0.6 is 11.6 Å². The van der Waals surface area contributed by atoms with Gasteiger partial charge in [0.2, 0.25) is 10.0 Å². The number of hydrogen-bond acceptors (Lipinski definition) is 3. The highest BCUT2D eigenvalue weighted by molar-refractivity contribution is 7.89. The fraction of sp³-hybridized carbons (Fsp3) is 0.250. The highest BCUT2D eigenvalue weighted by atomic mass is 35.5. The molecule has 25 heavy (non-hydrogen) atoms. The lowest BCUT2D eigenvalue weighted by molar-refractivity contribution is -0.139. The average molecular weight is 393 g/mol. The van der Waals surface area contributed by atoms with Gasteiger partial charge in [-0.1, -0.05) is 41.9 Å². The van der Waals surface area contributed by atoms with Crippen molar-refractivity contribution in [2.75, 3.05) is 13.1 Å². The molecule has 0 aliphatic carbocycles. The summed E-state index contributed by atoms with van der Waals surface area (Å²) in [5.74, 6) is 0. The second-order valence-corrected chi connectivity index (χ2v) is 7.59. The van der Waals surface area contributed by atoms with Crippen molar-refractivity contribution in [1.29, 1.82) is 0 Å². The monoisotopic (exact) mass is 392 g/mol. The molecule has 0 heterocycles. The van der Waals surface area contributed by atoms with Crippen LogP contribution in [0.4, 0.5) is 13.2 Å². The minimum absolute atomic E-state index is 0.0268. The Labute approximate surface area is 149 Å². The molecule has 0 bridgehead atoms. The summed E-state index contributed by atoms with van der Waals surface area (Å²) in [7, 11) is -4.42. The molecule has 0 saturated heterocycles. The lowest BCUT2D eigenvalue weighted by Crippen LogP contribution is -2.36. The van der Waals surface area contributed by atoms with E-state index in [9.17, 15) is 21.6 Å². The molecule has 0 saturated carbocycles. The third-order valence-corrected chi connectivity index (χ3v) is 5.58. The van der Waals surface area contributed by atoms with Crippen LogP contribution in [0, 0.1) is 0 Å². The van der Waals surface area contributed by atoms with E-state index in [0.717, 1.165) is 16.4 Å². The van der Waals surface area contributed by atoms with Crippen molar-refractivity contribution in [3.8, 4) is 0 Å². The summed E-state index contributed by atoms with van der Waals surface area (Å²) in [6.45, 7) is -0.224. The van der Waals surface area contributed by atoms with Crippen LogP contribution in [0.3, 0.4) is 0 Å². The molecule has 0 fully saturated rings. The Bertz CT molecular complexity index is 827. The Morgan fingerprint density at radius 1 is 1.08 bits per heavy atom. The summed E-state index contributed by atoms with van der Waals surface area (Å²) in [5.41, 5.74) is 4.80. The molecule has 2 aromatic rings. The van der Waals surface area contributed by atoms with Crippen molar-refractivity contribution >= 4 is 21.6 Å². The van der Waals surface area contributed by atoms with Crippen LogP contribution in [0.1, 0.15) is 11.1 Å². The summed E-state index contributed by atoms with van der Waals surface area (Å²) in [6.07, 6.45) is -4.85. The molecule has 2 aromatic carbocycles. The van der Waals surface area contributed by atoms with Crippen molar-refractivity contribution in [3.05, 3.63) is 64.7 Å². The van der Waals surface area contributed by atoms with Gasteiger partial charge in [-0.2, -0.15) is 17.5 Å². The second kappa shape index (κ2) is 7.74. The Hall–Kier alpha value is -1.61. The molecule has 136 valence electrons. The minimum atomic E-state index is -4.85. The van der Waals surface area contributed by atoms with Gasteiger partial charge in [-0.3, -0.25) is 0 Å². The van der Waals surface area contributed by atoms with Gasteiger partial charge in [0.25, 0.3) is 0 Å². The maximum absolute atomic E-state index is 13.3. The molecule has 0 spiro atoms. The minimum Gasteiger partial charge on any atom is -0.329 e. The van der Waals surface area contributed by atoms with E-state index in [2.05, 4.69) is 0 Å². The molecule has 0 aliphatic rings. The lowest BCUT2D eigenvalue weighted by atomic mass is 10.2. The van der Waals surface area contributed by atoms with E-state index in [-0.39, 0.29) is 24.7 Å². The summed E-state index contributed by atoms with van der Waals surface area (Å²) in [4.78, 5) is -0.839. The van der Waals surface area contributed by atoms with Crippen LogP contribution in [-0.2, 0) is 22.7 Å². The number of alkyl halides is 3. The molecule has 0 atom stereocenters. The second-order valence-electron chi connectivity index (χ2n) is 5.25. The van der Waals surface area contributed by atoms with Crippen LogP contribution in [-0.4, -0.2) is 25.8 Å². The van der Waals surface area contributed by atoms with Crippen molar-refractivity contribution in [1.82, 2.24) is 4.31 Å². The largest absolute Gasteiger partial charge is 0.417 e. The molecule has 0 amide bonds. The zero-order chi connectivity index (χ0) is 18.7. The quantitative estimate of drug-likeness (QED) is 0.818. The van der Waals surface area contributed by atoms with Crippen molar-refractivity contribution in [2.24, 2.45) is 5.73 Å². The van der Waals surface area contributed by atoms with Crippen molar-refractivity contribution < 1.29 is 21.6 Å². The first-order chi connectivity index (χ1) is 11.7. The highest BCUT2D eigenvalue weighted by Gasteiger charge is 2.39. The highest BCUT2D eigenvalue weighted by Crippen LogP contribution is 2.37. The first kappa shape index (κ1) is 19.7. The number of rotatable bonds is 6. The smallest absolute Gasteiger partial charge is 0.329 e. The standard InChI is InChI=1S/C16H16ClF3N2O2S/c17-13-6-7-15(14(10-13)16(18,19)20)25(23,24)22(9-8-21)11-12-4-2-1-3-5-12/h1-7,10H,8-9,11,21H2. The summed E-state index contributed by atoms with van der Waals surface area (Å²) < 4.78 is 66.4. The first-order valence-electron chi connectivity index (χ1n) is 7.27. The summed E-state index contributed by atoms with van der Waals surface area (Å²) in [5, 5.41) is -0.195. The molecule has 9 heteroatoms. The normalized spacial score (nSPS) is 12.6. The van der Waals surface area contributed by atoms with Gasteiger partial charge in [0.05, 0.1) is 10.5 Å². The molecule has 4 nitrogen and oxygen atoms in total. The van der Waals surface area contributed by atoms with Crippen LogP contribution in [0.25, 0.3) is 0 Å². The number of nitrogens with two attached hydrogens (primary N) is 1. The third kappa shape index (κ3) is 4.72. The Balaban J connectivity index is 2.51. The SMILES string of the molecule is NCCN(Cc1ccccc1)S(=O)(=O)c1ccc(Cl)cc1C(F)(F)F. The van der Waals surface area contributed by atoms with Gasteiger partial charge in [-0.05, 0) is 23.8 Å². The Morgan fingerprint density at radius 3 is 2.28 bits per heavy atom. The van der Waals surface area contributed by atoms with Gasteiger partial charge in [0.15, 0.2) is 0 Å². The van der Waals surface area contributed by atoms with E-state index in [0.29, 0.717) is 11.6 Å². The molecule has 0 aliphatic heterocycles. The molecule has 2 rings (SSSR count). The summed E-state index contributed by atoms with van der Waals surface area (Å²) in [6, 6.07) is 11.2. The first-order valence-corrected chi connectivity index (χ1v) is 9.09. The van der Waals surface area contributed by atoms with Crippen LogP contribution < -0.4 is 5.73 Å². The van der Waals surface area contributed by atoms with Gasteiger partial charge in [0, 0.05) is 24.7 Å². The predicted octanol–water partition coefficient (Wildman–Crippen LogP) is 3.51. The van der Waals surface area contributed by atoms with Crippen LogP contribution in [0.5, 0.6) is 0 Å². The van der Waals surface area contributed by atoms with Gasteiger partial charge in [0.1, 0.15) is 0 Å². The maximum atomic E-state index is 13.3. The Morgan fingerprint density at radius 2 is 1.72 bits per heavy atom. The van der Waals surface area contributed by atoms with Crippen molar-refractivity contribution in [3.63, 3.8) is 0 Å². The van der Waals surface area contributed by atoms with E-state index in [1.54, 1.807) is 30.3 Å². The number of halogens is 4. The average Bonchev–Trinajstić information content (AvgIpc) is 2.54. The van der Waals surface area contributed by atoms with Gasteiger partial charge >= 0.3 is 6.18 Å². The number of nitrogens with zero attached hydrogens (tertiary/aromatic N) is 1. The van der Waals surface area contributed by atoms with Gasteiger partial charge in [-0.25, -0.2) is 8.42 Å².